The second-order valence-corrected chi connectivity index (χ2v) is 7.58. The number of rotatable bonds is 4. The van der Waals surface area contributed by atoms with Crippen molar-refractivity contribution in [1.82, 2.24) is 4.90 Å². The van der Waals surface area contributed by atoms with E-state index in [0.29, 0.717) is 22.4 Å². The van der Waals surface area contributed by atoms with Gasteiger partial charge in [-0.1, -0.05) is 63.8 Å². The number of hydrogen-bond donors (Lipinski definition) is 1. The largest absolute Gasteiger partial charge is 0.507 e. The van der Waals surface area contributed by atoms with Crippen molar-refractivity contribution < 1.29 is 9.90 Å². The molecule has 1 amide bonds. The minimum Gasteiger partial charge on any atom is -0.507 e. The lowest BCUT2D eigenvalue weighted by atomic mass is 9.91. The van der Waals surface area contributed by atoms with Gasteiger partial charge in [-0.05, 0) is 28.5 Å². The summed E-state index contributed by atoms with van der Waals surface area (Å²) in [5, 5.41) is 10.4. The molecule has 0 aliphatic carbocycles. The van der Waals surface area contributed by atoms with Gasteiger partial charge < -0.3 is 5.11 Å². The number of phenols is 1. The van der Waals surface area contributed by atoms with Gasteiger partial charge in [0.1, 0.15) is 10.1 Å². The summed E-state index contributed by atoms with van der Waals surface area (Å²) >= 11 is 6.65. The topological polar surface area (TPSA) is 40.5 Å². The molecule has 1 N–H and O–H groups in total. The van der Waals surface area contributed by atoms with Crippen molar-refractivity contribution in [3.8, 4) is 5.75 Å². The van der Waals surface area contributed by atoms with Gasteiger partial charge in [0, 0.05) is 0 Å². The summed E-state index contributed by atoms with van der Waals surface area (Å²) < 4.78 is 0.644. The molecule has 2 rings (SSSR count). The van der Waals surface area contributed by atoms with Crippen LogP contribution in [-0.2, 0) is 11.3 Å². The zero-order chi connectivity index (χ0) is 15.7. The smallest absolute Gasteiger partial charge is 0.238 e. The molecule has 0 radical (unpaired) electrons. The minimum absolute atomic E-state index is 0.0651. The highest BCUT2D eigenvalue weighted by Gasteiger charge is 2.27. The third kappa shape index (κ3) is 3.40. The Kier molecular flexibility index (Phi) is 4.94. The third-order valence-corrected chi connectivity index (χ3v) is 5.09. The average Bonchev–Trinajstić information content (AvgIpc) is 2.71. The number of carbonyl (C=O) groups is 1. The SMILES string of the molecule is CC(C)c1cc(CN2C(=O)CSC2=S)cc(C(C)C)c1O. The van der Waals surface area contributed by atoms with Gasteiger partial charge in [0.15, 0.2) is 0 Å². The van der Waals surface area contributed by atoms with Crippen molar-refractivity contribution in [3.63, 3.8) is 0 Å². The van der Waals surface area contributed by atoms with Gasteiger partial charge in [-0.3, -0.25) is 9.69 Å². The molecule has 0 spiro atoms. The van der Waals surface area contributed by atoms with Crippen molar-refractivity contribution >= 4 is 34.2 Å². The van der Waals surface area contributed by atoms with Gasteiger partial charge in [-0.2, -0.15) is 0 Å². The summed E-state index contributed by atoms with van der Waals surface area (Å²) in [6, 6.07) is 3.98. The van der Waals surface area contributed by atoms with E-state index in [1.165, 1.54) is 11.8 Å². The lowest BCUT2D eigenvalue weighted by Crippen LogP contribution is -2.27. The van der Waals surface area contributed by atoms with Crippen molar-refractivity contribution in [2.24, 2.45) is 0 Å². The normalized spacial score (nSPS) is 15.6. The number of aromatic hydroxyl groups is 1. The Morgan fingerprint density at radius 2 is 1.76 bits per heavy atom. The number of hydrogen-bond acceptors (Lipinski definition) is 4. The first-order chi connectivity index (χ1) is 9.81. The fraction of sp³-hybridized carbons (Fsp3) is 0.500. The monoisotopic (exact) mass is 323 g/mol. The first-order valence-electron chi connectivity index (χ1n) is 7.14. The van der Waals surface area contributed by atoms with Gasteiger partial charge >= 0.3 is 0 Å². The molecule has 114 valence electrons. The zero-order valence-corrected chi connectivity index (χ0v) is 14.5. The molecule has 1 aliphatic rings. The predicted molar refractivity (Wildman–Crippen MR) is 91.9 cm³/mol. The number of thioether (sulfide) groups is 1. The van der Waals surface area contributed by atoms with Crippen LogP contribution in [0.25, 0.3) is 0 Å². The summed E-state index contributed by atoms with van der Waals surface area (Å²) in [5.74, 6) is 1.35. The maximum absolute atomic E-state index is 11.9. The van der Waals surface area contributed by atoms with Gasteiger partial charge in [0.25, 0.3) is 0 Å². The zero-order valence-electron chi connectivity index (χ0n) is 12.8. The second-order valence-electron chi connectivity index (χ2n) is 5.97. The van der Waals surface area contributed by atoms with Crippen LogP contribution in [0.15, 0.2) is 12.1 Å². The van der Waals surface area contributed by atoms with Crippen LogP contribution in [0, 0.1) is 0 Å². The second kappa shape index (κ2) is 6.36. The van der Waals surface area contributed by atoms with Gasteiger partial charge in [0.2, 0.25) is 5.91 Å². The van der Waals surface area contributed by atoms with Crippen LogP contribution in [-0.4, -0.2) is 26.0 Å². The fourth-order valence-corrected chi connectivity index (χ4v) is 3.50. The highest BCUT2D eigenvalue weighted by Crippen LogP contribution is 2.35. The van der Waals surface area contributed by atoms with Crippen molar-refractivity contribution in [1.29, 1.82) is 0 Å². The van der Waals surface area contributed by atoms with Gasteiger partial charge in [-0.15, -0.1) is 0 Å². The van der Waals surface area contributed by atoms with Crippen molar-refractivity contribution in [2.75, 3.05) is 5.75 Å². The first-order valence-corrected chi connectivity index (χ1v) is 8.53. The van der Waals surface area contributed by atoms with E-state index in [4.69, 9.17) is 12.2 Å². The minimum atomic E-state index is 0.0651. The standard InChI is InChI=1S/C16H21NO2S2/c1-9(2)12-5-11(6-13(10(3)4)15(12)19)7-17-14(18)8-21-16(17)20/h5-6,9-10,19H,7-8H2,1-4H3. The molecule has 1 fully saturated rings. The molecule has 0 unspecified atom stereocenters. The average molecular weight is 323 g/mol. The number of nitrogens with zero attached hydrogens (tertiary/aromatic N) is 1. The highest BCUT2D eigenvalue weighted by molar-refractivity contribution is 8.23. The summed E-state index contributed by atoms with van der Waals surface area (Å²) in [6.45, 7) is 8.73. The summed E-state index contributed by atoms with van der Waals surface area (Å²) in [7, 11) is 0. The lowest BCUT2D eigenvalue weighted by Gasteiger charge is -2.20. The molecule has 1 aromatic carbocycles. The maximum Gasteiger partial charge on any atom is 0.238 e. The van der Waals surface area contributed by atoms with E-state index in [0.717, 1.165) is 16.7 Å². The van der Waals surface area contributed by atoms with E-state index in [1.807, 2.05) is 12.1 Å². The third-order valence-electron chi connectivity index (χ3n) is 3.65. The Morgan fingerprint density at radius 1 is 1.24 bits per heavy atom. The van der Waals surface area contributed by atoms with Crippen LogP contribution in [0.1, 0.15) is 56.2 Å². The van der Waals surface area contributed by atoms with Crippen LogP contribution in [0.3, 0.4) is 0 Å². The molecule has 1 saturated heterocycles. The molecule has 1 heterocycles. The van der Waals surface area contributed by atoms with Crippen LogP contribution < -0.4 is 0 Å². The van der Waals surface area contributed by atoms with Crippen molar-refractivity contribution in [2.45, 2.75) is 46.1 Å². The molecule has 1 aromatic rings. The Hall–Kier alpha value is -1.07. The summed E-state index contributed by atoms with van der Waals surface area (Å²) in [5.41, 5.74) is 2.89. The Morgan fingerprint density at radius 3 is 2.14 bits per heavy atom. The molecule has 21 heavy (non-hydrogen) atoms. The van der Waals surface area contributed by atoms with Gasteiger partial charge in [-0.25, -0.2) is 0 Å². The Balaban J connectivity index is 2.39. The number of carbonyl (C=O) groups excluding carboxylic acids is 1. The summed E-state index contributed by atoms with van der Waals surface area (Å²) in [6.07, 6.45) is 0. The molecular formula is C16H21NO2S2. The maximum atomic E-state index is 11.9. The first kappa shape index (κ1) is 16.3. The molecule has 1 aliphatic heterocycles. The van der Waals surface area contributed by atoms with Crippen molar-refractivity contribution in [3.05, 3.63) is 28.8 Å². The molecule has 0 bridgehead atoms. The van der Waals surface area contributed by atoms with E-state index in [1.54, 1.807) is 4.90 Å². The Bertz CT molecular complexity index is 537. The molecule has 5 heteroatoms. The number of phenolic OH excluding ortho intramolecular Hbond substituents is 1. The van der Waals surface area contributed by atoms with E-state index in [-0.39, 0.29) is 17.7 Å². The van der Waals surface area contributed by atoms with Crippen LogP contribution in [0.4, 0.5) is 0 Å². The quantitative estimate of drug-likeness (QED) is 0.850. The highest BCUT2D eigenvalue weighted by atomic mass is 32.2. The van der Waals surface area contributed by atoms with Gasteiger partial charge in [0.05, 0.1) is 12.3 Å². The molecule has 0 saturated carbocycles. The number of thiocarbonyl (C=S) groups is 1. The van der Waals surface area contributed by atoms with Crippen LogP contribution in [0.5, 0.6) is 5.75 Å². The fourth-order valence-electron chi connectivity index (χ4n) is 2.43. The molecular weight excluding hydrogens is 302 g/mol. The van der Waals surface area contributed by atoms with E-state index in [2.05, 4.69) is 27.7 Å². The molecule has 3 nitrogen and oxygen atoms in total. The van der Waals surface area contributed by atoms with Crippen LogP contribution in [0.2, 0.25) is 0 Å². The van der Waals surface area contributed by atoms with E-state index < -0.39 is 0 Å². The van der Waals surface area contributed by atoms with E-state index >= 15 is 0 Å². The Labute approximate surface area is 135 Å². The number of amides is 1. The van der Waals surface area contributed by atoms with Crippen LogP contribution >= 0.6 is 24.0 Å². The predicted octanol–water partition coefficient (Wildman–Crippen LogP) is 4.00. The lowest BCUT2D eigenvalue weighted by molar-refractivity contribution is -0.124. The number of benzene rings is 1. The van der Waals surface area contributed by atoms with E-state index in [9.17, 15) is 9.90 Å². The molecule has 0 aromatic heterocycles. The summed E-state index contributed by atoms with van der Waals surface area (Å²) in [4.78, 5) is 13.5. The molecule has 0 atom stereocenters.